The van der Waals surface area contributed by atoms with E-state index in [0.29, 0.717) is 18.2 Å². The maximum atomic E-state index is 13.6. The van der Waals surface area contributed by atoms with Crippen LogP contribution in [0.15, 0.2) is 48.7 Å². The van der Waals surface area contributed by atoms with Crippen molar-refractivity contribution in [3.05, 3.63) is 87.7 Å². The van der Waals surface area contributed by atoms with Gasteiger partial charge in [-0.25, -0.2) is 4.79 Å². The van der Waals surface area contributed by atoms with Gasteiger partial charge in [-0.3, -0.25) is 19.5 Å². The van der Waals surface area contributed by atoms with Crippen LogP contribution in [0.2, 0.25) is 0 Å². The van der Waals surface area contributed by atoms with Gasteiger partial charge >= 0.3 is 36.6 Å². The fourth-order valence-corrected chi connectivity index (χ4v) is 5.98. The molecular weight excluding hydrogens is 789 g/mol. The monoisotopic (exact) mass is 827 g/mol. The summed E-state index contributed by atoms with van der Waals surface area (Å²) in [5, 5.41) is 26.4. The summed E-state index contributed by atoms with van der Waals surface area (Å²) < 4.78 is 138. The minimum atomic E-state index is -5.12. The van der Waals surface area contributed by atoms with Crippen molar-refractivity contribution in [2.75, 3.05) is 38.4 Å². The summed E-state index contributed by atoms with van der Waals surface area (Å²) in [5.41, 5.74) is 0.129. The van der Waals surface area contributed by atoms with Crippen LogP contribution in [-0.2, 0) is 50.4 Å². The number of aliphatic carboxylic acids is 2. The maximum Gasteiger partial charge on any atom is 0.416 e. The van der Waals surface area contributed by atoms with Crippen LogP contribution in [0.3, 0.4) is 0 Å². The number of benzene rings is 2. The predicted octanol–water partition coefficient (Wildman–Crippen LogP) is 7.60. The highest BCUT2D eigenvalue weighted by atomic mass is 19.4. The zero-order chi connectivity index (χ0) is 42.9. The summed E-state index contributed by atoms with van der Waals surface area (Å²) in [6, 6.07) is 4.86. The van der Waals surface area contributed by atoms with E-state index in [1.807, 2.05) is 0 Å². The molecule has 1 aliphatic rings. The van der Waals surface area contributed by atoms with E-state index in [1.165, 1.54) is 26.3 Å². The average molecular weight is 828 g/mol. The Labute approximate surface area is 318 Å². The van der Waals surface area contributed by atoms with Crippen molar-refractivity contribution in [3.8, 4) is 5.75 Å². The van der Waals surface area contributed by atoms with Crippen LogP contribution >= 0.6 is 0 Å². The molecule has 2 heterocycles. The lowest BCUT2D eigenvalue weighted by molar-refractivity contribution is -0.143. The lowest BCUT2D eigenvalue weighted by Crippen LogP contribution is -2.64. The summed E-state index contributed by atoms with van der Waals surface area (Å²) in [6.07, 6.45) is -16.5. The highest BCUT2D eigenvalue weighted by molar-refractivity contribution is 5.90. The third kappa shape index (κ3) is 12.4. The lowest BCUT2D eigenvalue weighted by atomic mass is 9.75. The summed E-state index contributed by atoms with van der Waals surface area (Å²) in [5.74, 6) is -3.02. The average Bonchev–Trinajstić information content (AvgIpc) is 3.10. The first-order chi connectivity index (χ1) is 26.4. The highest BCUT2D eigenvalue weighted by Crippen LogP contribution is 2.47. The summed E-state index contributed by atoms with van der Waals surface area (Å²) >= 11 is 0. The number of carboxylic acids is 2. The first-order valence-corrected chi connectivity index (χ1v) is 16.8. The zero-order valence-electron chi connectivity index (χ0n) is 30.2. The Bertz CT molecular complexity index is 1840. The number of rotatable bonds is 14. The van der Waals surface area contributed by atoms with Gasteiger partial charge in [-0.2, -0.15) is 39.5 Å². The number of alkyl halides is 9. The number of nitrogens with zero attached hydrogens (tertiary/aromatic N) is 2. The van der Waals surface area contributed by atoms with Crippen molar-refractivity contribution in [2.45, 2.75) is 69.1 Å². The molecule has 1 amide bonds. The van der Waals surface area contributed by atoms with Crippen molar-refractivity contribution in [3.63, 3.8) is 0 Å². The maximum absolute atomic E-state index is 13.6. The van der Waals surface area contributed by atoms with Gasteiger partial charge in [0.05, 0.1) is 66.9 Å². The van der Waals surface area contributed by atoms with Gasteiger partial charge < -0.3 is 35.3 Å². The number of nitrogens with two attached hydrogens (primary N) is 1. The molecule has 2 atom stereocenters. The number of methoxy groups -OCH3 is 1. The van der Waals surface area contributed by atoms with E-state index in [4.69, 9.17) is 30.2 Å². The fraction of sp³-hybridized carbons (Fsp3) is 0.444. The van der Waals surface area contributed by atoms with E-state index in [9.17, 15) is 59.0 Å². The third-order valence-electron chi connectivity index (χ3n) is 8.67. The van der Waals surface area contributed by atoms with Crippen LogP contribution in [0.1, 0.15) is 71.2 Å². The molecule has 4 rings (SSSR count). The number of amides is 1. The van der Waals surface area contributed by atoms with Crippen LogP contribution in [0.5, 0.6) is 5.75 Å². The number of aromatic nitrogens is 1. The van der Waals surface area contributed by atoms with Gasteiger partial charge in [0.25, 0.3) is 0 Å². The number of fused-ring (bicyclic) bond motifs is 1. The topological polar surface area (TPSA) is 182 Å². The number of carboxylic acid groups (broad SMARTS) is 3. The van der Waals surface area contributed by atoms with E-state index in [-0.39, 0.29) is 86.4 Å². The normalized spacial score (nSPS) is 17.0. The van der Waals surface area contributed by atoms with Gasteiger partial charge in [-0.1, -0.05) is 6.92 Å². The van der Waals surface area contributed by atoms with E-state index in [2.05, 4.69) is 4.98 Å². The molecular formula is C36H38F9N3O9. The van der Waals surface area contributed by atoms with Crippen LogP contribution in [0.4, 0.5) is 50.0 Å². The SMILES string of the molecule is CCC1(N)C(c2ncc(OCCOC)cc2Cc2cc(C(F)(F)F)cc(C(F)(F)F)c2)Cc2cc(C(F)(F)F)ccc2N1C(=O)O.O=C(O)CCOCCC(=O)O. The Hall–Kier alpha value is -5.15. The molecule has 12 nitrogen and oxygen atoms in total. The number of hydrogen-bond acceptors (Lipinski definition) is 8. The van der Waals surface area contributed by atoms with Crippen LogP contribution in [0.25, 0.3) is 0 Å². The first-order valence-electron chi connectivity index (χ1n) is 16.8. The van der Waals surface area contributed by atoms with Gasteiger partial charge in [0.15, 0.2) is 0 Å². The van der Waals surface area contributed by atoms with E-state index in [0.717, 1.165) is 17.0 Å². The Morgan fingerprint density at radius 1 is 0.825 bits per heavy atom. The Balaban J connectivity index is 0.000000689. The number of anilines is 1. The molecule has 0 fully saturated rings. The Kier molecular flexibility index (Phi) is 15.3. The smallest absolute Gasteiger partial charge is 0.416 e. The molecule has 5 N–H and O–H groups in total. The second-order valence-corrected chi connectivity index (χ2v) is 12.6. The molecule has 57 heavy (non-hydrogen) atoms. The largest absolute Gasteiger partial charge is 0.490 e. The van der Waals surface area contributed by atoms with Crippen LogP contribution in [0, 0.1) is 0 Å². The molecule has 0 aliphatic carbocycles. The molecule has 0 saturated carbocycles. The molecule has 2 aromatic carbocycles. The Morgan fingerprint density at radius 3 is 1.86 bits per heavy atom. The van der Waals surface area contributed by atoms with Gasteiger partial charge in [0.1, 0.15) is 18.0 Å². The minimum absolute atomic E-state index is 0.00164. The van der Waals surface area contributed by atoms with Gasteiger partial charge in [0.2, 0.25) is 0 Å². The van der Waals surface area contributed by atoms with Crippen molar-refractivity contribution in [1.82, 2.24) is 4.98 Å². The molecule has 1 aliphatic heterocycles. The van der Waals surface area contributed by atoms with Crippen molar-refractivity contribution in [1.29, 1.82) is 0 Å². The van der Waals surface area contributed by atoms with Crippen LogP contribution in [-0.4, -0.2) is 77.5 Å². The zero-order valence-corrected chi connectivity index (χ0v) is 30.2. The van der Waals surface area contributed by atoms with Gasteiger partial charge in [0, 0.05) is 13.0 Å². The van der Waals surface area contributed by atoms with Gasteiger partial charge in [-0.15, -0.1) is 0 Å². The van der Waals surface area contributed by atoms with Crippen LogP contribution < -0.4 is 15.4 Å². The molecule has 314 valence electrons. The number of carbonyl (C=O) groups is 3. The Morgan fingerprint density at radius 2 is 1.39 bits per heavy atom. The lowest BCUT2D eigenvalue weighted by Gasteiger charge is -2.48. The number of hydrogen-bond donors (Lipinski definition) is 4. The molecule has 0 bridgehead atoms. The number of halogens is 9. The molecule has 2 unspecified atom stereocenters. The number of ether oxygens (including phenoxy) is 3. The summed E-state index contributed by atoms with van der Waals surface area (Å²) in [6.45, 7) is 1.79. The first kappa shape index (κ1) is 46.2. The number of pyridine rings is 1. The second kappa shape index (κ2) is 18.9. The summed E-state index contributed by atoms with van der Waals surface area (Å²) in [7, 11) is 1.40. The van der Waals surface area contributed by atoms with Crippen molar-refractivity contribution in [2.24, 2.45) is 5.73 Å². The molecule has 3 aromatic rings. The van der Waals surface area contributed by atoms with Gasteiger partial charge in [-0.05, 0) is 78.4 Å². The van der Waals surface area contributed by atoms with Crippen molar-refractivity contribution < 1.29 is 83.4 Å². The molecule has 0 radical (unpaired) electrons. The molecule has 21 heteroatoms. The van der Waals surface area contributed by atoms with Crippen molar-refractivity contribution >= 4 is 23.7 Å². The third-order valence-corrected chi connectivity index (χ3v) is 8.67. The molecule has 1 aromatic heterocycles. The standard InChI is InChI=1S/C30H28F9N3O4.C6H10O5/c1-3-27(40)23(13-17-11-19(28(31,32)33)4-5-24(17)42(27)26(43)44)25-18(12-22(15-41-25)46-7-6-45-2)8-16-9-20(29(34,35)36)14-21(10-16)30(37,38)39;7-5(8)1-3-11-4-2-6(9)10/h4-5,9-12,14-15,23H,3,6-8,13,40H2,1-2H3,(H,43,44);1-4H2,(H,7,8)(H,9,10). The van der Waals surface area contributed by atoms with E-state index < -0.39 is 76.8 Å². The highest BCUT2D eigenvalue weighted by Gasteiger charge is 2.50. The quantitative estimate of drug-likeness (QED) is 0.0928. The molecule has 0 saturated heterocycles. The fourth-order valence-electron chi connectivity index (χ4n) is 5.98. The predicted molar refractivity (Wildman–Crippen MR) is 182 cm³/mol. The minimum Gasteiger partial charge on any atom is -0.490 e. The molecule has 0 spiro atoms. The summed E-state index contributed by atoms with van der Waals surface area (Å²) in [4.78, 5) is 37.4. The second-order valence-electron chi connectivity index (χ2n) is 12.6. The van der Waals surface area contributed by atoms with E-state index >= 15 is 0 Å². The van der Waals surface area contributed by atoms with E-state index in [1.54, 1.807) is 0 Å².